The van der Waals surface area contributed by atoms with Crippen molar-refractivity contribution in [3.63, 3.8) is 0 Å². The molecule has 2 saturated carbocycles. The molecule has 0 radical (unpaired) electrons. The molecule has 1 aromatic heterocycles. The van der Waals surface area contributed by atoms with Crippen LogP contribution in [0.5, 0.6) is 0 Å². The maximum absolute atomic E-state index is 12.9. The maximum atomic E-state index is 12.9. The number of nitrogens with one attached hydrogen (secondary N) is 1. The van der Waals surface area contributed by atoms with Crippen LogP contribution >= 0.6 is 11.3 Å². The Morgan fingerprint density at radius 3 is 2.73 bits per heavy atom. The highest BCUT2D eigenvalue weighted by Gasteiger charge is 2.43. The quantitative estimate of drug-likeness (QED) is 0.585. The number of amides is 1. The molecule has 4 nitrogen and oxygen atoms in total. The number of aryl methyl sites for hydroxylation is 1. The predicted octanol–water partition coefficient (Wildman–Crippen LogP) is 4.96. The van der Waals surface area contributed by atoms with Crippen LogP contribution < -0.4 is 5.32 Å². The molecule has 1 amide bonds. The summed E-state index contributed by atoms with van der Waals surface area (Å²) < 4.78 is 5.46. The Morgan fingerprint density at radius 2 is 2.00 bits per heavy atom. The smallest absolute Gasteiger partial charge is 0.341 e. The number of hydrogen-bond acceptors (Lipinski definition) is 4. The first-order valence-electron chi connectivity index (χ1n) is 10.3. The van der Waals surface area contributed by atoms with E-state index in [1.54, 1.807) is 11.3 Å². The molecule has 0 aliphatic heterocycles. The van der Waals surface area contributed by atoms with Crippen molar-refractivity contribution in [2.45, 2.75) is 71.1 Å². The Morgan fingerprint density at radius 1 is 1.15 bits per heavy atom. The van der Waals surface area contributed by atoms with Crippen molar-refractivity contribution in [1.82, 2.24) is 0 Å². The molecule has 0 unspecified atom stereocenters. The summed E-state index contributed by atoms with van der Waals surface area (Å²) in [6.45, 7) is 2.43. The molecule has 26 heavy (non-hydrogen) atoms. The van der Waals surface area contributed by atoms with Crippen LogP contribution in [0.1, 0.15) is 79.1 Å². The molecule has 3 aliphatic rings. The number of ether oxygens (including phenoxy) is 1. The van der Waals surface area contributed by atoms with Gasteiger partial charge < -0.3 is 10.1 Å². The van der Waals surface area contributed by atoms with Crippen LogP contribution in [0.4, 0.5) is 5.00 Å². The highest BCUT2D eigenvalue weighted by atomic mass is 32.1. The molecule has 142 valence electrons. The van der Waals surface area contributed by atoms with Crippen LogP contribution in [-0.4, -0.2) is 18.5 Å². The fraction of sp³-hybridized carbons (Fsp3) is 0.714. The van der Waals surface area contributed by atoms with Crippen LogP contribution in [0.2, 0.25) is 0 Å². The molecule has 1 N–H and O–H groups in total. The van der Waals surface area contributed by atoms with Crippen LogP contribution in [-0.2, 0) is 22.4 Å². The second-order valence-electron chi connectivity index (χ2n) is 8.18. The van der Waals surface area contributed by atoms with Gasteiger partial charge >= 0.3 is 5.97 Å². The second kappa shape index (κ2) is 7.71. The van der Waals surface area contributed by atoms with Gasteiger partial charge in [-0.3, -0.25) is 4.79 Å². The van der Waals surface area contributed by atoms with Crippen LogP contribution in [0, 0.1) is 17.8 Å². The third kappa shape index (κ3) is 3.42. The number of thiophene rings is 1. The largest absolute Gasteiger partial charge is 0.462 e. The molecule has 5 heteroatoms. The van der Waals surface area contributed by atoms with E-state index in [2.05, 4.69) is 5.32 Å². The number of carbonyl (C=O) groups is 2. The van der Waals surface area contributed by atoms with Crippen LogP contribution in [0.25, 0.3) is 0 Å². The highest BCUT2D eigenvalue weighted by molar-refractivity contribution is 7.17. The first-order valence-corrected chi connectivity index (χ1v) is 11.1. The number of hydrogen-bond donors (Lipinski definition) is 1. The highest BCUT2D eigenvalue weighted by Crippen LogP contribution is 2.49. The minimum atomic E-state index is -0.255. The Bertz CT molecular complexity index is 696. The summed E-state index contributed by atoms with van der Waals surface area (Å²) in [5, 5.41) is 3.89. The number of rotatable bonds is 5. The van der Waals surface area contributed by atoms with E-state index in [4.69, 9.17) is 4.74 Å². The van der Waals surface area contributed by atoms with Gasteiger partial charge in [-0.25, -0.2) is 4.79 Å². The average molecular weight is 376 g/mol. The molecule has 2 bridgehead atoms. The summed E-state index contributed by atoms with van der Waals surface area (Å²) in [7, 11) is 0. The van der Waals surface area contributed by atoms with E-state index < -0.39 is 0 Å². The van der Waals surface area contributed by atoms with Crippen molar-refractivity contribution in [3.8, 4) is 0 Å². The van der Waals surface area contributed by atoms with Gasteiger partial charge in [0.25, 0.3) is 0 Å². The van der Waals surface area contributed by atoms with Crippen molar-refractivity contribution >= 4 is 28.2 Å². The fourth-order valence-electron chi connectivity index (χ4n) is 5.08. The summed E-state index contributed by atoms with van der Waals surface area (Å²) in [6, 6.07) is 0. The molecule has 0 aromatic carbocycles. The third-order valence-corrected chi connectivity index (χ3v) is 7.58. The molecule has 1 aromatic rings. The molecule has 3 aliphatic carbocycles. The van der Waals surface area contributed by atoms with Crippen molar-refractivity contribution in [3.05, 3.63) is 16.0 Å². The summed E-state index contributed by atoms with van der Waals surface area (Å²) in [4.78, 5) is 26.9. The summed E-state index contributed by atoms with van der Waals surface area (Å²) in [5.74, 6) is 1.29. The molecular weight excluding hydrogens is 346 g/mol. The standard InChI is InChI=1S/C21H29NO3S/c1-2-10-25-21(24)18-15-6-4-3-5-7-17(15)26-20(18)22-19(23)16-12-13-8-9-14(16)11-13/h13-14,16H,2-12H2,1H3,(H,22,23)/t13-,14-,16-/m0/s1. The minimum Gasteiger partial charge on any atom is -0.462 e. The van der Waals surface area contributed by atoms with Crippen molar-refractivity contribution in [1.29, 1.82) is 0 Å². The van der Waals surface area contributed by atoms with E-state index >= 15 is 0 Å². The Kier molecular flexibility index (Phi) is 5.35. The second-order valence-corrected chi connectivity index (χ2v) is 9.28. The number of esters is 1. The van der Waals surface area contributed by atoms with E-state index in [0.717, 1.165) is 55.0 Å². The fourth-order valence-corrected chi connectivity index (χ4v) is 6.36. The normalized spacial score (nSPS) is 27.0. The Balaban J connectivity index is 1.58. The van der Waals surface area contributed by atoms with E-state index in [-0.39, 0.29) is 17.8 Å². The van der Waals surface area contributed by atoms with Crippen LogP contribution in [0.15, 0.2) is 0 Å². The average Bonchev–Trinajstić information content (AvgIpc) is 3.30. The van der Waals surface area contributed by atoms with E-state index in [1.165, 1.54) is 30.6 Å². The van der Waals surface area contributed by atoms with E-state index in [0.29, 0.717) is 18.1 Å². The summed E-state index contributed by atoms with van der Waals surface area (Å²) >= 11 is 1.61. The van der Waals surface area contributed by atoms with Gasteiger partial charge in [-0.15, -0.1) is 11.3 Å². The van der Waals surface area contributed by atoms with Gasteiger partial charge in [0.2, 0.25) is 5.91 Å². The molecule has 0 spiro atoms. The predicted molar refractivity (Wildman–Crippen MR) is 104 cm³/mol. The van der Waals surface area contributed by atoms with Gasteiger partial charge in [0, 0.05) is 10.8 Å². The summed E-state index contributed by atoms with van der Waals surface area (Å²) in [5.41, 5.74) is 1.79. The maximum Gasteiger partial charge on any atom is 0.341 e. The minimum absolute atomic E-state index is 0.123. The van der Waals surface area contributed by atoms with Crippen molar-refractivity contribution in [2.75, 3.05) is 11.9 Å². The first kappa shape index (κ1) is 18.0. The van der Waals surface area contributed by atoms with Crippen LogP contribution in [0.3, 0.4) is 0 Å². The lowest BCUT2D eigenvalue weighted by atomic mass is 9.88. The number of fused-ring (bicyclic) bond motifs is 3. The lowest BCUT2D eigenvalue weighted by molar-refractivity contribution is -0.121. The molecule has 1 heterocycles. The van der Waals surface area contributed by atoms with Gasteiger partial charge in [0.1, 0.15) is 5.00 Å². The number of anilines is 1. The zero-order valence-corrected chi connectivity index (χ0v) is 16.5. The van der Waals surface area contributed by atoms with Gasteiger partial charge in [-0.1, -0.05) is 19.8 Å². The lowest BCUT2D eigenvalue weighted by Gasteiger charge is -2.20. The molecule has 4 rings (SSSR count). The van der Waals surface area contributed by atoms with E-state index in [1.807, 2.05) is 6.92 Å². The Hall–Kier alpha value is -1.36. The number of carbonyl (C=O) groups excluding carboxylic acids is 2. The lowest BCUT2D eigenvalue weighted by Crippen LogP contribution is -2.27. The third-order valence-electron chi connectivity index (χ3n) is 6.37. The SMILES string of the molecule is CCCOC(=O)c1c(NC(=O)[C@H]2C[C@H]3CC[C@H]2C3)sc2c1CCCCC2. The zero-order valence-electron chi connectivity index (χ0n) is 15.6. The molecule has 0 saturated heterocycles. The monoisotopic (exact) mass is 375 g/mol. The first-order chi connectivity index (χ1) is 12.7. The summed E-state index contributed by atoms with van der Waals surface area (Å²) in [6.07, 6.45) is 10.9. The van der Waals surface area contributed by atoms with Gasteiger partial charge in [-0.05, 0) is 68.8 Å². The topological polar surface area (TPSA) is 55.4 Å². The van der Waals surface area contributed by atoms with Gasteiger partial charge in [0.15, 0.2) is 0 Å². The Labute approximate surface area is 159 Å². The van der Waals surface area contributed by atoms with Crippen molar-refractivity contribution in [2.24, 2.45) is 17.8 Å². The van der Waals surface area contributed by atoms with E-state index in [9.17, 15) is 9.59 Å². The molecular formula is C21H29NO3S. The molecule has 3 atom stereocenters. The molecule has 2 fully saturated rings. The zero-order chi connectivity index (χ0) is 18.1. The van der Waals surface area contributed by atoms with Gasteiger partial charge in [-0.2, -0.15) is 0 Å². The van der Waals surface area contributed by atoms with Gasteiger partial charge in [0.05, 0.1) is 12.2 Å². The van der Waals surface area contributed by atoms with Crippen molar-refractivity contribution < 1.29 is 14.3 Å².